The summed E-state index contributed by atoms with van der Waals surface area (Å²) in [5, 5.41) is 1.76. The van der Waals surface area contributed by atoms with Crippen LogP contribution in [0.1, 0.15) is 34.1 Å². The van der Waals surface area contributed by atoms with Crippen LogP contribution in [0.3, 0.4) is 0 Å². The molecule has 0 aliphatic carbocycles. The van der Waals surface area contributed by atoms with Crippen LogP contribution >= 0.6 is 11.3 Å². The molecule has 0 aliphatic heterocycles. The number of hydrogen-bond acceptors (Lipinski definition) is 7. The highest BCUT2D eigenvalue weighted by atomic mass is 32.1. The molecule has 0 spiro atoms. The summed E-state index contributed by atoms with van der Waals surface area (Å²) < 4.78 is 6.36. The van der Waals surface area contributed by atoms with Crippen LogP contribution in [-0.4, -0.2) is 34.6 Å². The predicted molar refractivity (Wildman–Crippen MR) is 123 cm³/mol. The molecule has 3 rings (SSSR count). The Hall–Kier alpha value is -3.66. The van der Waals surface area contributed by atoms with Crippen LogP contribution in [-0.2, 0) is 16.1 Å². The molecular formula is C22H24N4O5S. The molecule has 2 aromatic heterocycles. The molecule has 1 amide bonds. The first-order valence-corrected chi connectivity index (χ1v) is 10.9. The van der Waals surface area contributed by atoms with Crippen LogP contribution in [0, 0.1) is 6.92 Å². The summed E-state index contributed by atoms with van der Waals surface area (Å²) in [7, 11) is 0. The molecule has 0 saturated carbocycles. The summed E-state index contributed by atoms with van der Waals surface area (Å²) in [5.74, 6) is -1.36. The number of aryl methyl sites for hydroxylation is 1. The number of nitrogens with one attached hydrogen (secondary N) is 1. The van der Waals surface area contributed by atoms with E-state index in [1.54, 1.807) is 18.4 Å². The van der Waals surface area contributed by atoms with Crippen molar-refractivity contribution in [2.75, 3.05) is 23.8 Å². The zero-order valence-corrected chi connectivity index (χ0v) is 18.6. The summed E-state index contributed by atoms with van der Waals surface area (Å²) in [6, 6.07) is 10.9. The molecule has 0 saturated heterocycles. The highest BCUT2D eigenvalue weighted by molar-refractivity contribution is 7.12. The average Bonchev–Trinajstić information content (AvgIpc) is 3.20. The summed E-state index contributed by atoms with van der Waals surface area (Å²) in [5.41, 5.74) is 6.15. The van der Waals surface area contributed by atoms with Gasteiger partial charge in [0.05, 0.1) is 6.54 Å². The first kappa shape index (κ1) is 23.0. The third-order valence-corrected chi connectivity index (χ3v) is 5.79. The number of amides is 1. The second-order valence-corrected chi connectivity index (χ2v) is 8.04. The fraction of sp³-hybridized carbons (Fsp3) is 0.273. The maximum Gasteiger partial charge on any atom is 0.349 e. The number of ether oxygens (including phenoxy) is 1. The van der Waals surface area contributed by atoms with E-state index in [4.69, 9.17) is 10.5 Å². The van der Waals surface area contributed by atoms with Crippen LogP contribution < -0.4 is 21.9 Å². The molecule has 9 nitrogen and oxygen atoms in total. The summed E-state index contributed by atoms with van der Waals surface area (Å²) in [6.07, 6.45) is 0.514. The third-order valence-electron chi connectivity index (χ3n) is 4.79. The quantitative estimate of drug-likeness (QED) is 0.500. The Labute approximate surface area is 188 Å². The molecule has 3 N–H and O–H groups in total. The number of thiophene rings is 1. The number of benzene rings is 1. The molecule has 32 heavy (non-hydrogen) atoms. The van der Waals surface area contributed by atoms with Gasteiger partial charge >= 0.3 is 11.7 Å². The molecule has 0 radical (unpaired) electrons. The Morgan fingerprint density at radius 2 is 1.91 bits per heavy atom. The lowest BCUT2D eigenvalue weighted by Gasteiger charge is -2.24. The van der Waals surface area contributed by atoms with Gasteiger partial charge in [-0.2, -0.15) is 0 Å². The minimum atomic E-state index is -0.779. The van der Waals surface area contributed by atoms with Crippen molar-refractivity contribution in [3.05, 3.63) is 78.6 Å². The minimum absolute atomic E-state index is 0.121. The number of esters is 1. The van der Waals surface area contributed by atoms with Gasteiger partial charge in [0.25, 0.3) is 11.5 Å². The van der Waals surface area contributed by atoms with E-state index < -0.39 is 29.7 Å². The van der Waals surface area contributed by atoms with Crippen LogP contribution in [0.4, 0.5) is 11.5 Å². The standard InChI is InChI=1S/C22H24N4O5S/c1-3-10-25(16(27)13-31-21(29)18-14(2)9-11-32-18)17-19(23)26(22(30)24-20(17)28)12-15-7-5-4-6-8-15/h4-9,11H,3,10,12-13,23H2,1-2H3,(H,24,28,30). The second kappa shape index (κ2) is 10.1. The minimum Gasteiger partial charge on any atom is -0.451 e. The fourth-order valence-electron chi connectivity index (χ4n) is 3.20. The normalized spacial score (nSPS) is 10.7. The number of nitrogen functional groups attached to an aromatic ring is 1. The lowest BCUT2D eigenvalue weighted by molar-refractivity contribution is -0.121. The Morgan fingerprint density at radius 1 is 1.19 bits per heavy atom. The lowest BCUT2D eigenvalue weighted by atomic mass is 10.2. The number of carbonyl (C=O) groups is 2. The van der Waals surface area contributed by atoms with Gasteiger partial charge in [-0.15, -0.1) is 11.3 Å². The number of hydrogen-bond donors (Lipinski definition) is 2. The van der Waals surface area contributed by atoms with Gasteiger partial charge in [0.15, 0.2) is 12.3 Å². The van der Waals surface area contributed by atoms with Crippen molar-refractivity contribution in [2.24, 2.45) is 0 Å². The highest BCUT2D eigenvalue weighted by Crippen LogP contribution is 2.20. The number of nitrogens with zero attached hydrogens (tertiary/aromatic N) is 2. The second-order valence-electron chi connectivity index (χ2n) is 7.12. The highest BCUT2D eigenvalue weighted by Gasteiger charge is 2.25. The van der Waals surface area contributed by atoms with Gasteiger partial charge in [0, 0.05) is 6.54 Å². The van der Waals surface area contributed by atoms with E-state index in [9.17, 15) is 19.2 Å². The zero-order chi connectivity index (χ0) is 23.3. The van der Waals surface area contributed by atoms with Crippen molar-refractivity contribution in [2.45, 2.75) is 26.8 Å². The zero-order valence-electron chi connectivity index (χ0n) is 17.8. The van der Waals surface area contributed by atoms with E-state index in [1.807, 2.05) is 37.3 Å². The third kappa shape index (κ3) is 4.97. The van der Waals surface area contributed by atoms with Gasteiger partial charge in [-0.1, -0.05) is 37.3 Å². The van der Waals surface area contributed by atoms with Gasteiger partial charge in [0.1, 0.15) is 10.7 Å². The first-order chi connectivity index (χ1) is 15.3. The van der Waals surface area contributed by atoms with Gasteiger partial charge in [0.2, 0.25) is 0 Å². The molecule has 1 aromatic carbocycles. The van der Waals surface area contributed by atoms with E-state index in [-0.39, 0.29) is 24.6 Å². The fourth-order valence-corrected chi connectivity index (χ4v) is 4.02. The molecule has 0 bridgehead atoms. The van der Waals surface area contributed by atoms with Crippen molar-refractivity contribution in [1.82, 2.24) is 9.55 Å². The molecular weight excluding hydrogens is 432 g/mol. The van der Waals surface area contributed by atoms with E-state index in [0.29, 0.717) is 11.3 Å². The van der Waals surface area contributed by atoms with Crippen molar-refractivity contribution in [3.8, 4) is 0 Å². The van der Waals surface area contributed by atoms with E-state index >= 15 is 0 Å². The van der Waals surface area contributed by atoms with Crippen molar-refractivity contribution in [1.29, 1.82) is 0 Å². The molecule has 168 valence electrons. The van der Waals surface area contributed by atoms with Crippen LogP contribution in [0.15, 0.2) is 51.4 Å². The molecule has 0 aliphatic rings. The SMILES string of the molecule is CCCN(C(=O)COC(=O)c1sccc1C)c1c(N)n(Cc2ccccc2)c(=O)[nH]c1=O. The van der Waals surface area contributed by atoms with Crippen LogP contribution in [0.5, 0.6) is 0 Å². The predicted octanol–water partition coefficient (Wildman–Crippen LogP) is 2.14. The van der Waals surface area contributed by atoms with E-state index in [0.717, 1.165) is 16.0 Å². The lowest BCUT2D eigenvalue weighted by Crippen LogP contribution is -2.43. The topological polar surface area (TPSA) is 127 Å². The van der Waals surface area contributed by atoms with Crippen molar-refractivity contribution < 1.29 is 14.3 Å². The van der Waals surface area contributed by atoms with Crippen molar-refractivity contribution >= 4 is 34.7 Å². The Balaban J connectivity index is 1.89. The number of H-pyrrole nitrogens is 1. The Morgan fingerprint density at radius 3 is 2.53 bits per heavy atom. The first-order valence-electron chi connectivity index (χ1n) is 10.0. The summed E-state index contributed by atoms with van der Waals surface area (Å²) in [4.78, 5) is 54.0. The monoisotopic (exact) mass is 456 g/mol. The molecule has 0 unspecified atom stereocenters. The van der Waals surface area contributed by atoms with Gasteiger partial charge in [-0.05, 0) is 35.9 Å². The van der Waals surface area contributed by atoms with E-state index in [1.165, 1.54) is 15.9 Å². The van der Waals surface area contributed by atoms with Gasteiger partial charge < -0.3 is 15.4 Å². The molecule has 2 heterocycles. The summed E-state index contributed by atoms with van der Waals surface area (Å²) in [6.45, 7) is 3.31. The molecule has 10 heteroatoms. The number of nitrogens with two attached hydrogens (primary N) is 1. The molecule has 3 aromatic rings. The number of aromatic amines is 1. The Kier molecular flexibility index (Phi) is 7.26. The number of carbonyl (C=O) groups excluding carboxylic acids is 2. The van der Waals surface area contributed by atoms with E-state index in [2.05, 4.69) is 4.98 Å². The average molecular weight is 457 g/mol. The Bertz CT molecular complexity index is 1230. The van der Waals surface area contributed by atoms with Crippen LogP contribution in [0.2, 0.25) is 0 Å². The number of aromatic nitrogens is 2. The van der Waals surface area contributed by atoms with Crippen LogP contribution in [0.25, 0.3) is 0 Å². The number of anilines is 2. The maximum absolute atomic E-state index is 12.9. The largest absolute Gasteiger partial charge is 0.451 e. The smallest absolute Gasteiger partial charge is 0.349 e. The molecule has 0 fully saturated rings. The number of rotatable bonds is 8. The van der Waals surface area contributed by atoms with Crippen molar-refractivity contribution in [3.63, 3.8) is 0 Å². The molecule has 0 atom stereocenters. The van der Waals surface area contributed by atoms with Gasteiger partial charge in [-0.25, -0.2) is 9.59 Å². The van der Waals surface area contributed by atoms with Gasteiger partial charge in [-0.3, -0.25) is 19.1 Å². The summed E-state index contributed by atoms with van der Waals surface area (Å²) >= 11 is 1.22. The maximum atomic E-state index is 12.9.